The number of amides is 1. The molecule has 0 spiro atoms. The number of aromatic nitrogens is 3. The van der Waals surface area contributed by atoms with E-state index in [-0.39, 0.29) is 11.8 Å². The average molecular weight is 395 g/mol. The number of benzene rings is 2. The van der Waals surface area contributed by atoms with Crippen LogP contribution >= 0.6 is 0 Å². The lowest BCUT2D eigenvalue weighted by Crippen LogP contribution is -2.28. The Morgan fingerprint density at radius 2 is 2.07 bits per heavy atom. The predicted molar refractivity (Wildman–Crippen MR) is 103 cm³/mol. The first kappa shape index (κ1) is 18.6. The molecule has 148 valence electrons. The summed E-state index contributed by atoms with van der Waals surface area (Å²) in [5.74, 6) is 0.133. The van der Waals surface area contributed by atoms with Gasteiger partial charge in [-0.15, -0.1) is 5.10 Å². The number of anilines is 1. The quantitative estimate of drug-likeness (QED) is 0.693. The van der Waals surface area contributed by atoms with Gasteiger partial charge in [0, 0.05) is 12.0 Å². The minimum absolute atomic E-state index is 0.159. The van der Waals surface area contributed by atoms with E-state index in [0.29, 0.717) is 24.4 Å². The number of rotatable bonds is 6. The molecule has 0 fully saturated rings. The van der Waals surface area contributed by atoms with E-state index in [9.17, 15) is 9.18 Å². The number of nitrogens with zero attached hydrogens (tertiary/aromatic N) is 4. The molecule has 2 heterocycles. The van der Waals surface area contributed by atoms with Gasteiger partial charge in [0.1, 0.15) is 17.9 Å². The Kier molecular flexibility index (Phi) is 5.19. The van der Waals surface area contributed by atoms with Crippen LogP contribution in [0.15, 0.2) is 60.0 Å². The summed E-state index contributed by atoms with van der Waals surface area (Å²) in [5.41, 5.74) is 2.28. The Bertz CT molecular complexity index is 1050. The topological polar surface area (TPSA) is 90.6 Å². The molecule has 8 nitrogen and oxygen atoms in total. The predicted octanol–water partition coefficient (Wildman–Crippen LogP) is 2.61. The second-order valence-electron chi connectivity index (χ2n) is 6.42. The van der Waals surface area contributed by atoms with E-state index in [1.807, 2.05) is 24.3 Å². The number of ether oxygens (including phenoxy) is 1. The van der Waals surface area contributed by atoms with Gasteiger partial charge in [-0.25, -0.2) is 14.1 Å². The maximum Gasteiger partial charge on any atom is 0.271 e. The van der Waals surface area contributed by atoms with Crippen LogP contribution in [0.4, 0.5) is 10.3 Å². The fourth-order valence-electron chi connectivity index (χ4n) is 2.96. The van der Waals surface area contributed by atoms with E-state index in [1.165, 1.54) is 18.5 Å². The molecule has 1 aliphatic heterocycles. The highest BCUT2D eigenvalue weighted by molar-refractivity contribution is 6.07. The van der Waals surface area contributed by atoms with Gasteiger partial charge in [0.2, 0.25) is 12.1 Å². The number of carbonyl (C=O) groups is 1. The monoisotopic (exact) mass is 395 g/mol. The number of hydrogen-bond donors (Lipinski definition) is 1. The summed E-state index contributed by atoms with van der Waals surface area (Å²) >= 11 is 0. The van der Waals surface area contributed by atoms with E-state index in [4.69, 9.17) is 9.57 Å². The number of carbonyl (C=O) groups excluding carboxylic acids is 1. The third kappa shape index (κ3) is 4.23. The summed E-state index contributed by atoms with van der Waals surface area (Å²) in [6.07, 6.45) is 1.02. The molecule has 2 aromatic carbocycles. The zero-order valence-corrected chi connectivity index (χ0v) is 15.6. The van der Waals surface area contributed by atoms with Gasteiger partial charge in [-0.05, 0) is 29.8 Å². The zero-order chi connectivity index (χ0) is 20.2. The highest BCUT2D eigenvalue weighted by Gasteiger charge is 2.30. The summed E-state index contributed by atoms with van der Waals surface area (Å²) in [6.45, 7) is 0.407. The van der Waals surface area contributed by atoms with Gasteiger partial charge < -0.3 is 9.57 Å². The van der Waals surface area contributed by atoms with Crippen LogP contribution in [0.5, 0.6) is 5.75 Å². The molecule has 1 atom stereocenters. The number of hydrogen-bond acceptors (Lipinski definition) is 6. The van der Waals surface area contributed by atoms with Crippen LogP contribution in [0, 0.1) is 5.82 Å². The maximum absolute atomic E-state index is 13.0. The van der Waals surface area contributed by atoms with Gasteiger partial charge in [0.25, 0.3) is 5.91 Å². The Morgan fingerprint density at radius 1 is 1.28 bits per heavy atom. The summed E-state index contributed by atoms with van der Waals surface area (Å²) < 4.78 is 19.9. The minimum Gasteiger partial charge on any atom is -0.496 e. The SMILES string of the molecule is COc1ccccc1C1=NOC(C(=O)Nc2ncn(Cc3ccc(F)cc3)n2)C1. The molecule has 0 radical (unpaired) electrons. The highest BCUT2D eigenvalue weighted by atomic mass is 19.1. The number of nitrogens with one attached hydrogen (secondary N) is 1. The fourth-order valence-corrected chi connectivity index (χ4v) is 2.96. The summed E-state index contributed by atoms with van der Waals surface area (Å²) in [6, 6.07) is 13.5. The lowest BCUT2D eigenvalue weighted by molar-refractivity contribution is -0.125. The molecule has 0 bridgehead atoms. The van der Waals surface area contributed by atoms with Crippen LogP contribution in [-0.4, -0.2) is 39.6 Å². The van der Waals surface area contributed by atoms with E-state index in [1.54, 1.807) is 23.9 Å². The van der Waals surface area contributed by atoms with Crippen LogP contribution in [-0.2, 0) is 16.2 Å². The van der Waals surface area contributed by atoms with Crippen molar-refractivity contribution in [2.75, 3.05) is 12.4 Å². The van der Waals surface area contributed by atoms with Gasteiger partial charge in [0.15, 0.2) is 0 Å². The number of methoxy groups -OCH3 is 1. The largest absolute Gasteiger partial charge is 0.496 e. The first-order valence-corrected chi connectivity index (χ1v) is 8.93. The highest BCUT2D eigenvalue weighted by Crippen LogP contribution is 2.24. The first-order valence-electron chi connectivity index (χ1n) is 8.93. The van der Waals surface area contributed by atoms with Crippen molar-refractivity contribution in [1.82, 2.24) is 14.8 Å². The third-order valence-corrected chi connectivity index (χ3v) is 4.41. The van der Waals surface area contributed by atoms with Crippen LogP contribution in [0.25, 0.3) is 0 Å². The van der Waals surface area contributed by atoms with Gasteiger partial charge in [-0.2, -0.15) is 0 Å². The van der Waals surface area contributed by atoms with Crippen LogP contribution in [0.2, 0.25) is 0 Å². The molecule has 4 rings (SSSR count). The molecule has 0 saturated heterocycles. The molecule has 1 amide bonds. The first-order chi connectivity index (χ1) is 14.1. The second kappa shape index (κ2) is 8.09. The number of halogens is 1. The molecule has 1 unspecified atom stereocenters. The maximum atomic E-state index is 13.0. The zero-order valence-electron chi connectivity index (χ0n) is 15.6. The van der Waals surface area contributed by atoms with Crippen LogP contribution in [0.1, 0.15) is 17.5 Å². The fraction of sp³-hybridized carbons (Fsp3) is 0.200. The van der Waals surface area contributed by atoms with Crippen molar-refractivity contribution in [2.45, 2.75) is 19.1 Å². The Hall–Kier alpha value is -3.75. The van der Waals surface area contributed by atoms with E-state index in [2.05, 4.69) is 20.6 Å². The summed E-state index contributed by atoms with van der Waals surface area (Å²) in [5, 5.41) is 10.9. The van der Waals surface area contributed by atoms with Crippen molar-refractivity contribution < 1.29 is 18.8 Å². The van der Waals surface area contributed by atoms with Crippen molar-refractivity contribution in [3.63, 3.8) is 0 Å². The Labute approximate surface area is 166 Å². The second-order valence-corrected chi connectivity index (χ2v) is 6.42. The minimum atomic E-state index is -0.779. The van der Waals surface area contributed by atoms with Crippen LogP contribution in [0.3, 0.4) is 0 Å². The normalized spacial score (nSPS) is 15.5. The molecule has 9 heteroatoms. The summed E-state index contributed by atoms with van der Waals surface area (Å²) in [7, 11) is 1.58. The van der Waals surface area contributed by atoms with Gasteiger partial charge in [0.05, 0.1) is 19.4 Å². The van der Waals surface area contributed by atoms with Crippen molar-refractivity contribution in [3.8, 4) is 5.75 Å². The molecular formula is C20H18FN5O3. The molecule has 0 saturated carbocycles. The summed E-state index contributed by atoms with van der Waals surface area (Å²) in [4.78, 5) is 21.8. The van der Waals surface area contributed by atoms with Crippen molar-refractivity contribution >= 4 is 17.6 Å². The van der Waals surface area contributed by atoms with Gasteiger partial charge >= 0.3 is 0 Å². The molecule has 1 aliphatic rings. The smallest absolute Gasteiger partial charge is 0.271 e. The van der Waals surface area contributed by atoms with E-state index in [0.717, 1.165) is 11.1 Å². The van der Waals surface area contributed by atoms with E-state index >= 15 is 0 Å². The molecule has 1 N–H and O–H groups in total. The Morgan fingerprint density at radius 3 is 2.86 bits per heavy atom. The third-order valence-electron chi connectivity index (χ3n) is 4.41. The molecule has 29 heavy (non-hydrogen) atoms. The number of oxime groups is 1. The van der Waals surface area contributed by atoms with Crippen molar-refractivity contribution in [1.29, 1.82) is 0 Å². The van der Waals surface area contributed by atoms with Gasteiger partial charge in [-0.3, -0.25) is 10.1 Å². The molecule has 3 aromatic rings. The standard InChI is InChI=1S/C20H18FN5O3/c1-28-17-5-3-2-4-15(17)16-10-18(29-25-16)19(27)23-20-22-12-26(24-20)11-13-6-8-14(21)9-7-13/h2-9,12,18H,10-11H2,1H3,(H,23,24,27). The lowest BCUT2D eigenvalue weighted by Gasteiger charge is -2.08. The van der Waals surface area contributed by atoms with E-state index < -0.39 is 12.0 Å². The van der Waals surface area contributed by atoms with Crippen molar-refractivity contribution in [2.24, 2.45) is 5.16 Å². The molecular weight excluding hydrogens is 377 g/mol. The lowest BCUT2D eigenvalue weighted by atomic mass is 10.0. The number of para-hydroxylation sites is 1. The Balaban J connectivity index is 1.36. The van der Waals surface area contributed by atoms with Crippen LogP contribution < -0.4 is 10.1 Å². The average Bonchev–Trinajstić information content (AvgIpc) is 3.39. The van der Waals surface area contributed by atoms with Gasteiger partial charge in [-0.1, -0.05) is 29.4 Å². The van der Waals surface area contributed by atoms with Crippen molar-refractivity contribution in [3.05, 3.63) is 71.8 Å². The molecule has 1 aromatic heterocycles. The molecule has 0 aliphatic carbocycles.